The van der Waals surface area contributed by atoms with Gasteiger partial charge in [0.2, 0.25) is 0 Å². The summed E-state index contributed by atoms with van der Waals surface area (Å²) in [5.74, 6) is 0.355. The van der Waals surface area contributed by atoms with Crippen molar-refractivity contribution in [2.45, 2.75) is 51.6 Å². The van der Waals surface area contributed by atoms with Crippen LogP contribution in [0.1, 0.15) is 39.5 Å². The minimum absolute atomic E-state index is 0.0744. The van der Waals surface area contributed by atoms with Gasteiger partial charge < -0.3 is 5.32 Å². The summed E-state index contributed by atoms with van der Waals surface area (Å²) in [6, 6.07) is 0.207. The van der Waals surface area contributed by atoms with E-state index in [1.165, 1.54) is 0 Å². The molecule has 0 aliphatic carbocycles. The van der Waals surface area contributed by atoms with Crippen molar-refractivity contribution in [1.29, 1.82) is 0 Å². The van der Waals surface area contributed by atoms with E-state index in [1.807, 2.05) is 6.92 Å². The van der Waals surface area contributed by atoms with Gasteiger partial charge in [-0.2, -0.15) is 17.4 Å². The van der Waals surface area contributed by atoms with E-state index in [1.54, 1.807) is 4.31 Å². The van der Waals surface area contributed by atoms with Gasteiger partial charge >= 0.3 is 0 Å². The van der Waals surface area contributed by atoms with Crippen LogP contribution in [0.15, 0.2) is 0 Å². The highest BCUT2D eigenvalue weighted by atomic mass is 32.2. The number of piperidine rings is 2. The fraction of sp³-hybridized carbons (Fsp3) is 1.00. The Labute approximate surface area is 110 Å². The summed E-state index contributed by atoms with van der Waals surface area (Å²) in [6.07, 6.45) is 3.97. The Bertz CT molecular complexity index is 372. The third-order valence-corrected chi connectivity index (χ3v) is 5.90. The zero-order valence-electron chi connectivity index (χ0n) is 11.4. The zero-order valence-corrected chi connectivity index (χ0v) is 12.2. The minimum Gasteiger partial charge on any atom is -0.316 e. The molecule has 3 unspecified atom stereocenters. The molecular formula is C12H25N3O2S. The standard InChI is InChI=1S/C12H25N3O2S/c1-10-9-13-7-6-12(10)14-18(16,17)15-8-4-3-5-11(15)2/h10-14H,3-9H2,1-2H3. The van der Waals surface area contributed by atoms with Gasteiger partial charge in [0.25, 0.3) is 10.2 Å². The molecule has 2 fully saturated rings. The first-order valence-corrected chi connectivity index (χ1v) is 8.44. The third kappa shape index (κ3) is 3.23. The average Bonchev–Trinajstić information content (AvgIpc) is 2.32. The fourth-order valence-corrected chi connectivity index (χ4v) is 4.69. The molecule has 0 radical (unpaired) electrons. The molecule has 2 heterocycles. The molecular weight excluding hydrogens is 250 g/mol. The van der Waals surface area contributed by atoms with Crippen LogP contribution < -0.4 is 10.0 Å². The molecule has 2 rings (SSSR count). The van der Waals surface area contributed by atoms with Gasteiger partial charge in [-0.15, -0.1) is 0 Å². The van der Waals surface area contributed by atoms with Crippen molar-refractivity contribution in [2.75, 3.05) is 19.6 Å². The average molecular weight is 275 g/mol. The third-order valence-electron chi connectivity index (χ3n) is 4.14. The summed E-state index contributed by atoms with van der Waals surface area (Å²) >= 11 is 0. The van der Waals surface area contributed by atoms with Gasteiger partial charge in [0, 0.05) is 18.6 Å². The van der Waals surface area contributed by atoms with Crippen LogP contribution in [0.25, 0.3) is 0 Å². The molecule has 0 aromatic carbocycles. The number of rotatable bonds is 3. The maximum atomic E-state index is 12.4. The Morgan fingerprint density at radius 1 is 1.22 bits per heavy atom. The van der Waals surface area contributed by atoms with E-state index in [0.717, 1.165) is 38.8 Å². The second-order valence-electron chi connectivity index (χ2n) is 5.65. The van der Waals surface area contributed by atoms with E-state index < -0.39 is 10.2 Å². The molecule has 0 bridgehead atoms. The molecule has 0 spiro atoms. The second kappa shape index (κ2) is 5.86. The van der Waals surface area contributed by atoms with Crippen LogP contribution in [0.3, 0.4) is 0 Å². The lowest BCUT2D eigenvalue weighted by atomic mass is 9.97. The van der Waals surface area contributed by atoms with E-state index in [2.05, 4.69) is 17.0 Å². The van der Waals surface area contributed by atoms with Crippen molar-refractivity contribution >= 4 is 10.2 Å². The topological polar surface area (TPSA) is 61.4 Å². The maximum Gasteiger partial charge on any atom is 0.279 e. The molecule has 0 amide bonds. The van der Waals surface area contributed by atoms with Crippen molar-refractivity contribution < 1.29 is 8.42 Å². The van der Waals surface area contributed by atoms with Crippen LogP contribution in [-0.4, -0.2) is 44.4 Å². The normalized spacial score (nSPS) is 35.6. The maximum absolute atomic E-state index is 12.4. The Balaban J connectivity index is 2.01. The van der Waals surface area contributed by atoms with E-state index in [4.69, 9.17) is 0 Å². The Morgan fingerprint density at radius 3 is 2.67 bits per heavy atom. The van der Waals surface area contributed by atoms with Crippen LogP contribution in [0.5, 0.6) is 0 Å². The molecule has 6 heteroatoms. The molecule has 106 valence electrons. The second-order valence-corrected chi connectivity index (χ2v) is 7.31. The van der Waals surface area contributed by atoms with Gasteiger partial charge in [0.15, 0.2) is 0 Å². The quantitative estimate of drug-likeness (QED) is 0.797. The van der Waals surface area contributed by atoms with Crippen LogP contribution in [0.2, 0.25) is 0 Å². The van der Waals surface area contributed by atoms with Crippen LogP contribution in [0.4, 0.5) is 0 Å². The molecule has 2 N–H and O–H groups in total. The summed E-state index contributed by atoms with van der Waals surface area (Å²) in [4.78, 5) is 0. The highest BCUT2D eigenvalue weighted by Crippen LogP contribution is 2.20. The SMILES string of the molecule is CC1CNCCC1NS(=O)(=O)N1CCCCC1C. The molecule has 5 nitrogen and oxygen atoms in total. The first-order valence-electron chi connectivity index (χ1n) is 7.00. The molecule has 2 aliphatic rings. The highest BCUT2D eigenvalue weighted by molar-refractivity contribution is 7.87. The van der Waals surface area contributed by atoms with Crippen molar-refractivity contribution in [1.82, 2.24) is 14.3 Å². The fourth-order valence-electron chi connectivity index (χ4n) is 2.88. The van der Waals surface area contributed by atoms with Crippen LogP contribution in [0, 0.1) is 5.92 Å². The number of nitrogens with one attached hydrogen (secondary N) is 2. The lowest BCUT2D eigenvalue weighted by Crippen LogP contribution is -2.54. The summed E-state index contributed by atoms with van der Waals surface area (Å²) in [5, 5.41) is 3.29. The molecule has 0 saturated carbocycles. The number of hydrogen-bond acceptors (Lipinski definition) is 3. The van der Waals surface area contributed by atoms with Gasteiger partial charge in [-0.05, 0) is 45.2 Å². The highest BCUT2D eigenvalue weighted by Gasteiger charge is 2.33. The molecule has 0 aromatic rings. The molecule has 18 heavy (non-hydrogen) atoms. The molecule has 2 aliphatic heterocycles. The zero-order chi connectivity index (χ0) is 13.2. The molecule has 3 atom stereocenters. The first-order chi connectivity index (χ1) is 8.50. The van der Waals surface area contributed by atoms with Gasteiger partial charge in [-0.25, -0.2) is 0 Å². The van der Waals surface area contributed by atoms with E-state index in [9.17, 15) is 8.42 Å². The van der Waals surface area contributed by atoms with Gasteiger partial charge in [-0.3, -0.25) is 0 Å². The predicted octanol–water partition coefficient (Wildman–Crippen LogP) is 0.693. The minimum atomic E-state index is -3.31. The lowest BCUT2D eigenvalue weighted by molar-refractivity contribution is 0.255. The van der Waals surface area contributed by atoms with Gasteiger partial charge in [-0.1, -0.05) is 13.3 Å². The number of hydrogen-bond donors (Lipinski definition) is 2. The van der Waals surface area contributed by atoms with Crippen LogP contribution in [-0.2, 0) is 10.2 Å². The molecule has 2 saturated heterocycles. The number of nitrogens with zero attached hydrogens (tertiary/aromatic N) is 1. The van der Waals surface area contributed by atoms with E-state index in [-0.39, 0.29) is 12.1 Å². The summed E-state index contributed by atoms with van der Waals surface area (Å²) < 4.78 is 29.4. The van der Waals surface area contributed by atoms with Crippen molar-refractivity contribution in [3.05, 3.63) is 0 Å². The lowest BCUT2D eigenvalue weighted by Gasteiger charge is -2.36. The largest absolute Gasteiger partial charge is 0.316 e. The smallest absolute Gasteiger partial charge is 0.279 e. The van der Waals surface area contributed by atoms with Crippen molar-refractivity contribution in [3.8, 4) is 0 Å². The Hall–Kier alpha value is -0.170. The molecule has 0 aromatic heterocycles. The summed E-state index contributed by atoms with van der Waals surface area (Å²) in [6.45, 7) is 6.55. The van der Waals surface area contributed by atoms with Gasteiger partial charge in [0.1, 0.15) is 0 Å². The van der Waals surface area contributed by atoms with Crippen molar-refractivity contribution in [3.63, 3.8) is 0 Å². The van der Waals surface area contributed by atoms with Gasteiger partial charge in [0.05, 0.1) is 0 Å². The predicted molar refractivity (Wildman–Crippen MR) is 72.5 cm³/mol. The van der Waals surface area contributed by atoms with Crippen molar-refractivity contribution in [2.24, 2.45) is 5.92 Å². The monoisotopic (exact) mass is 275 g/mol. The first kappa shape index (κ1) is 14.2. The Kier molecular flexibility index (Phi) is 4.64. The van der Waals surface area contributed by atoms with Crippen LogP contribution >= 0.6 is 0 Å². The van der Waals surface area contributed by atoms with E-state index >= 15 is 0 Å². The van der Waals surface area contributed by atoms with E-state index in [0.29, 0.717) is 12.5 Å². The summed E-state index contributed by atoms with van der Waals surface area (Å²) in [5.41, 5.74) is 0. The Morgan fingerprint density at radius 2 is 2.00 bits per heavy atom. The summed E-state index contributed by atoms with van der Waals surface area (Å²) in [7, 11) is -3.31.